The number of benzene rings is 6. The van der Waals surface area contributed by atoms with Gasteiger partial charge in [-0.15, -0.1) is 0 Å². The van der Waals surface area contributed by atoms with Crippen LogP contribution in [0.15, 0.2) is 164 Å². The highest BCUT2D eigenvalue weighted by Gasteiger charge is 2.15. The lowest BCUT2D eigenvalue weighted by Crippen LogP contribution is -2.00. The lowest BCUT2D eigenvalue weighted by molar-refractivity contribution is 1.07. The zero-order chi connectivity index (χ0) is 31.9. The summed E-state index contributed by atoms with van der Waals surface area (Å²) >= 11 is 0. The Morgan fingerprint density at radius 1 is 0.292 bits per heavy atom. The Balaban J connectivity index is 1.19. The van der Waals surface area contributed by atoms with Gasteiger partial charge in [-0.1, -0.05) is 115 Å². The van der Waals surface area contributed by atoms with Gasteiger partial charge in [0.15, 0.2) is 17.5 Å². The molecule has 48 heavy (non-hydrogen) atoms. The second-order valence-corrected chi connectivity index (χ2v) is 11.8. The minimum atomic E-state index is 0.643. The monoisotopic (exact) mass is 613 g/mol. The number of nitrogens with zero attached hydrogens (tertiary/aromatic N) is 5. The first-order chi connectivity index (χ1) is 23.8. The first-order valence-electron chi connectivity index (χ1n) is 15.9. The summed E-state index contributed by atoms with van der Waals surface area (Å²) < 4.78 is 0. The molecule has 5 heteroatoms. The molecule has 0 atom stereocenters. The van der Waals surface area contributed by atoms with Crippen molar-refractivity contribution < 1.29 is 0 Å². The Morgan fingerprint density at radius 3 is 1.33 bits per heavy atom. The molecule has 0 saturated carbocycles. The summed E-state index contributed by atoms with van der Waals surface area (Å²) in [6.45, 7) is 0. The Bertz CT molecular complexity index is 2510. The highest BCUT2D eigenvalue weighted by atomic mass is 15.0. The van der Waals surface area contributed by atoms with Crippen molar-refractivity contribution in [1.82, 2.24) is 24.9 Å². The van der Waals surface area contributed by atoms with Gasteiger partial charge in [-0.3, -0.25) is 9.97 Å². The molecule has 0 aliphatic heterocycles. The zero-order valence-electron chi connectivity index (χ0n) is 25.8. The van der Waals surface area contributed by atoms with Crippen LogP contribution in [0.2, 0.25) is 0 Å². The zero-order valence-corrected chi connectivity index (χ0v) is 25.8. The van der Waals surface area contributed by atoms with Crippen molar-refractivity contribution in [1.29, 1.82) is 0 Å². The molecule has 0 unspecified atom stereocenters. The van der Waals surface area contributed by atoms with Crippen LogP contribution in [-0.4, -0.2) is 24.9 Å². The number of aromatic nitrogens is 5. The number of rotatable bonds is 5. The summed E-state index contributed by atoms with van der Waals surface area (Å²) in [7, 11) is 0. The van der Waals surface area contributed by atoms with Crippen LogP contribution in [0.4, 0.5) is 0 Å². The van der Waals surface area contributed by atoms with Gasteiger partial charge in [0.25, 0.3) is 0 Å². The highest BCUT2D eigenvalue weighted by Crippen LogP contribution is 2.39. The van der Waals surface area contributed by atoms with Crippen LogP contribution in [0.3, 0.4) is 0 Å². The SMILES string of the molecule is c1ccc(-c2nc(-c3ccccc3)nc(-c3ccc4c5ccc(-c6ccc(-c7ccccn7)cn6)cc5c5ccccc5c4c3)n2)cc1. The first kappa shape index (κ1) is 27.7. The molecule has 0 spiro atoms. The minimum Gasteiger partial charge on any atom is -0.256 e. The fourth-order valence-corrected chi connectivity index (χ4v) is 6.44. The van der Waals surface area contributed by atoms with Crippen LogP contribution in [0.25, 0.3) is 89.0 Å². The quantitative estimate of drug-likeness (QED) is 0.181. The normalized spacial score (nSPS) is 11.3. The summed E-state index contributed by atoms with van der Waals surface area (Å²) in [6.07, 6.45) is 3.70. The predicted octanol–water partition coefficient (Wildman–Crippen LogP) is 10.5. The third kappa shape index (κ3) is 4.95. The van der Waals surface area contributed by atoms with E-state index in [9.17, 15) is 0 Å². The van der Waals surface area contributed by atoms with Crippen LogP contribution in [0, 0.1) is 0 Å². The van der Waals surface area contributed by atoms with E-state index in [0.717, 1.165) is 44.6 Å². The number of fused-ring (bicyclic) bond motifs is 6. The fraction of sp³-hybridized carbons (Fsp3) is 0. The molecule has 3 aromatic heterocycles. The van der Waals surface area contributed by atoms with Gasteiger partial charge in [0, 0.05) is 40.2 Å². The Kier molecular flexibility index (Phi) is 6.72. The summed E-state index contributed by atoms with van der Waals surface area (Å²) in [6, 6.07) is 52.0. The van der Waals surface area contributed by atoms with Gasteiger partial charge < -0.3 is 0 Å². The molecular formula is C43H27N5. The third-order valence-electron chi connectivity index (χ3n) is 8.81. The van der Waals surface area contributed by atoms with Crippen LogP contribution in [0.1, 0.15) is 0 Å². The molecule has 0 aliphatic carbocycles. The van der Waals surface area contributed by atoms with E-state index in [-0.39, 0.29) is 0 Å². The third-order valence-corrected chi connectivity index (χ3v) is 8.81. The molecule has 9 rings (SSSR count). The van der Waals surface area contributed by atoms with E-state index < -0.39 is 0 Å². The molecule has 0 N–H and O–H groups in total. The highest BCUT2D eigenvalue weighted by molar-refractivity contribution is 6.26. The molecule has 0 saturated heterocycles. The van der Waals surface area contributed by atoms with Gasteiger partial charge in [-0.05, 0) is 68.7 Å². The van der Waals surface area contributed by atoms with Crippen molar-refractivity contribution in [2.75, 3.05) is 0 Å². The maximum absolute atomic E-state index is 4.99. The van der Waals surface area contributed by atoms with E-state index in [2.05, 4.69) is 77.8 Å². The molecule has 3 heterocycles. The molecule has 6 aromatic carbocycles. The minimum absolute atomic E-state index is 0.643. The predicted molar refractivity (Wildman–Crippen MR) is 195 cm³/mol. The van der Waals surface area contributed by atoms with Gasteiger partial charge in [0.1, 0.15) is 0 Å². The summed E-state index contributed by atoms with van der Waals surface area (Å²) in [4.78, 5) is 24.1. The van der Waals surface area contributed by atoms with Crippen LogP contribution in [0.5, 0.6) is 0 Å². The fourth-order valence-electron chi connectivity index (χ4n) is 6.44. The van der Waals surface area contributed by atoms with Crippen LogP contribution >= 0.6 is 0 Å². The van der Waals surface area contributed by atoms with Crippen molar-refractivity contribution in [3.05, 3.63) is 164 Å². The molecule has 0 radical (unpaired) electrons. The van der Waals surface area contributed by atoms with E-state index >= 15 is 0 Å². The van der Waals surface area contributed by atoms with E-state index in [1.54, 1.807) is 6.20 Å². The van der Waals surface area contributed by atoms with Crippen molar-refractivity contribution in [3.63, 3.8) is 0 Å². The number of hydrogen-bond donors (Lipinski definition) is 0. The topological polar surface area (TPSA) is 64.5 Å². The van der Waals surface area contributed by atoms with Crippen LogP contribution < -0.4 is 0 Å². The summed E-state index contributed by atoms with van der Waals surface area (Å²) in [5.74, 6) is 1.94. The Hall–Kier alpha value is -6.59. The van der Waals surface area contributed by atoms with Gasteiger partial charge in [-0.2, -0.15) is 0 Å². The second kappa shape index (κ2) is 11.6. The van der Waals surface area contributed by atoms with Crippen molar-refractivity contribution >= 4 is 32.3 Å². The van der Waals surface area contributed by atoms with Gasteiger partial charge in [-0.25, -0.2) is 15.0 Å². The lowest BCUT2D eigenvalue weighted by atomic mass is 9.91. The van der Waals surface area contributed by atoms with Crippen LogP contribution in [-0.2, 0) is 0 Å². The maximum atomic E-state index is 4.99. The largest absolute Gasteiger partial charge is 0.256 e. The molecule has 5 nitrogen and oxygen atoms in total. The molecule has 0 amide bonds. The number of pyridine rings is 2. The molecular weight excluding hydrogens is 587 g/mol. The summed E-state index contributed by atoms with van der Waals surface area (Å²) in [5.41, 5.74) is 6.75. The second-order valence-electron chi connectivity index (χ2n) is 11.8. The smallest absolute Gasteiger partial charge is 0.164 e. The van der Waals surface area contributed by atoms with E-state index in [4.69, 9.17) is 19.9 Å². The number of hydrogen-bond acceptors (Lipinski definition) is 5. The molecule has 0 fully saturated rings. The molecule has 9 aromatic rings. The van der Waals surface area contributed by atoms with Gasteiger partial charge in [0.2, 0.25) is 0 Å². The van der Waals surface area contributed by atoms with Crippen molar-refractivity contribution in [2.24, 2.45) is 0 Å². The van der Waals surface area contributed by atoms with Gasteiger partial charge in [0.05, 0.1) is 11.4 Å². The maximum Gasteiger partial charge on any atom is 0.164 e. The lowest BCUT2D eigenvalue weighted by Gasteiger charge is -2.14. The van der Waals surface area contributed by atoms with Crippen molar-refractivity contribution in [2.45, 2.75) is 0 Å². The standard InChI is InChI=1S/C43H27N5/c1-3-11-28(12-4-1)41-46-42(29-13-5-2-6-14-29)48-43(47-41)31-19-22-36-35-21-18-30(25-37(35)33-15-7-8-16-34(33)38(36)26-31)40-23-20-32(27-45-40)39-17-9-10-24-44-39/h1-27H. The molecule has 224 valence electrons. The van der Waals surface area contributed by atoms with E-state index in [1.807, 2.05) is 85.1 Å². The Labute approximate surface area is 277 Å². The van der Waals surface area contributed by atoms with Crippen molar-refractivity contribution in [3.8, 4) is 56.7 Å². The van der Waals surface area contributed by atoms with E-state index in [0.29, 0.717) is 17.5 Å². The van der Waals surface area contributed by atoms with E-state index in [1.165, 1.54) is 26.9 Å². The Morgan fingerprint density at radius 2 is 0.771 bits per heavy atom. The molecule has 0 aliphatic rings. The average Bonchev–Trinajstić information content (AvgIpc) is 3.18. The average molecular weight is 614 g/mol. The summed E-state index contributed by atoms with van der Waals surface area (Å²) in [5, 5.41) is 7.08. The first-order valence-corrected chi connectivity index (χ1v) is 15.9. The van der Waals surface area contributed by atoms with Gasteiger partial charge >= 0.3 is 0 Å². The molecule has 0 bridgehead atoms.